The lowest BCUT2D eigenvalue weighted by molar-refractivity contribution is 0.877. The summed E-state index contributed by atoms with van der Waals surface area (Å²) in [5, 5.41) is 4.45. The second-order valence-corrected chi connectivity index (χ2v) is 8.93. The van der Waals surface area contributed by atoms with Crippen LogP contribution in [0.25, 0.3) is 48.8 Å². The molecule has 4 aromatic carbocycles. The first kappa shape index (κ1) is 17.7. The van der Waals surface area contributed by atoms with E-state index < -0.39 is 0 Å². The molecule has 7 rings (SSSR count). The number of aryl methyl sites for hydroxylation is 4. The maximum Gasteiger partial charge on any atom is 0.194 e. The minimum atomic E-state index is 0.704. The lowest BCUT2D eigenvalue weighted by Crippen LogP contribution is -2.14. The summed E-state index contributed by atoms with van der Waals surface area (Å²) in [4.78, 5) is 8.57. The Kier molecular flexibility index (Phi) is 3.60. The standard InChI is InChI=1S/C30H20N2/c1-31-27-7-3-6-23-24-14-15-32-30(26(24)13-12-25(23)27)22-16-20-10-8-18-4-2-5-19-9-11-21(17-22)29(20)28(18)19/h2-7,12-17H,8-11H2. The van der Waals surface area contributed by atoms with Crippen LogP contribution in [0.5, 0.6) is 0 Å². The lowest BCUT2D eigenvalue weighted by atomic mass is 9.74. The molecule has 0 radical (unpaired) electrons. The van der Waals surface area contributed by atoms with E-state index in [2.05, 4.69) is 59.4 Å². The molecule has 5 aromatic rings. The number of hydrogen-bond donors (Lipinski definition) is 0. The third kappa shape index (κ3) is 2.37. The van der Waals surface area contributed by atoms with Gasteiger partial charge in [0.2, 0.25) is 0 Å². The van der Waals surface area contributed by atoms with Gasteiger partial charge in [0.15, 0.2) is 5.69 Å². The van der Waals surface area contributed by atoms with E-state index in [0.29, 0.717) is 5.69 Å². The molecule has 1 heterocycles. The normalized spacial score (nSPS) is 13.7. The highest BCUT2D eigenvalue weighted by molar-refractivity contribution is 6.14. The number of rotatable bonds is 1. The Hall–Kier alpha value is -3.96. The van der Waals surface area contributed by atoms with E-state index in [-0.39, 0.29) is 0 Å². The van der Waals surface area contributed by atoms with Crippen LogP contribution in [-0.4, -0.2) is 4.98 Å². The van der Waals surface area contributed by atoms with Gasteiger partial charge in [0.05, 0.1) is 12.3 Å². The van der Waals surface area contributed by atoms with Gasteiger partial charge < -0.3 is 0 Å². The number of pyridine rings is 1. The molecule has 150 valence electrons. The lowest BCUT2D eigenvalue weighted by Gasteiger charge is -2.30. The summed E-state index contributed by atoms with van der Waals surface area (Å²) in [5.74, 6) is 0. The summed E-state index contributed by atoms with van der Waals surface area (Å²) < 4.78 is 0. The second-order valence-electron chi connectivity index (χ2n) is 8.93. The molecule has 1 aromatic heterocycles. The maximum absolute atomic E-state index is 7.51. The zero-order valence-electron chi connectivity index (χ0n) is 17.7. The van der Waals surface area contributed by atoms with E-state index >= 15 is 0 Å². The quantitative estimate of drug-likeness (QED) is 0.208. The van der Waals surface area contributed by atoms with Crippen LogP contribution in [0.4, 0.5) is 5.69 Å². The Labute approximate surface area is 187 Å². The van der Waals surface area contributed by atoms with Gasteiger partial charge in [-0.05, 0) is 93.4 Å². The van der Waals surface area contributed by atoms with Crippen LogP contribution in [0.3, 0.4) is 0 Å². The molecule has 0 bridgehead atoms. The van der Waals surface area contributed by atoms with E-state index in [1.165, 1.54) is 38.9 Å². The summed E-state index contributed by atoms with van der Waals surface area (Å²) in [6, 6.07) is 23.9. The molecule has 0 unspecified atom stereocenters. The molecule has 2 aliphatic carbocycles. The van der Waals surface area contributed by atoms with E-state index in [1.807, 2.05) is 18.3 Å². The molecule has 0 saturated carbocycles. The number of hydrogen-bond acceptors (Lipinski definition) is 1. The molecule has 0 amide bonds. The van der Waals surface area contributed by atoms with Crippen LogP contribution >= 0.6 is 0 Å². The molecule has 32 heavy (non-hydrogen) atoms. The van der Waals surface area contributed by atoms with Crippen molar-refractivity contribution in [3.8, 4) is 22.4 Å². The average molecular weight is 409 g/mol. The Balaban J connectivity index is 1.49. The van der Waals surface area contributed by atoms with Gasteiger partial charge in [-0.3, -0.25) is 4.98 Å². The molecule has 0 saturated heterocycles. The summed E-state index contributed by atoms with van der Waals surface area (Å²) in [7, 11) is 0. The minimum absolute atomic E-state index is 0.704. The Bertz CT molecular complexity index is 1590. The highest BCUT2D eigenvalue weighted by atomic mass is 14.7. The van der Waals surface area contributed by atoms with Gasteiger partial charge in [-0.25, -0.2) is 4.85 Å². The predicted octanol–water partition coefficient (Wildman–Crippen LogP) is 7.47. The van der Waals surface area contributed by atoms with Gasteiger partial charge in [0, 0.05) is 17.1 Å². The molecule has 2 heteroatoms. The first-order valence-corrected chi connectivity index (χ1v) is 11.3. The van der Waals surface area contributed by atoms with Gasteiger partial charge in [-0.1, -0.05) is 48.5 Å². The molecular formula is C30H20N2. The summed E-state index contributed by atoms with van der Waals surface area (Å²) in [5.41, 5.74) is 11.9. The van der Waals surface area contributed by atoms with E-state index in [0.717, 1.165) is 52.9 Å². The average Bonchev–Trinajstić information content (AvgIpc) is 2.86. The molecule has 0 fully saturated rings. The minimum Gasteiger partial charge on any atom is -0.256 e. The summed E-state index contributed by atoms with van der Waals surface area (Å²) in [6.45, 7) is 7.51. The Morgan fingerprint density at radius 2 is 1.25 bits per heavy atom. The Morgan fingerprint density at radius 1 is 0.625 bits per heavy atom. The van der Waals surface area contributed by atoms with Crippen molar-refractivity contribution < 1.29 is 0 Å². The van der Waals surface area contributed by atoms with E-state index in [9.17, 15) is 0 Å². The molecular weight excluding hydrogens is 388 g/mol. The number of aromatic nitrogens is 1. The Morgan fingerprint density at radius 3 is 2.00 bits per heavy atom. The summed E-state index contributed by atoms with van der Waals surface area (Å²) in [6.07, 6.45) is 6.33. The maximum atomic E-state index is 7.51. The van der Waals surface area contributed by atoms with Crippen molar-refractivity contribution in [1.29, 1.82) is 0 Å². The highest BCUT2D eigenvalue weighted by Gasteiger charge is 2.26. The van der Waals surface area contributed by atoms with Crippen LogP contribution in [0.2, 0.25) is 0 Å². The van der Waals surface area contributed by atoms with Crippen LogP contribution in [0.15, 0.2) is 72.9 Å². The van der Waals surface area contributed by atoms with Crippen molar-refractivity contribution in [3.63, 3.8) is 0 Å². The third-order valence-corrected chi connectivity index (χ3v) is 7.29. The van der Waals surface area contributed by atoms with Crippen molar-refractivity contribution in [1.82, 2.24) is 4.98 Å². The van der Waals surface area contributed by atoms with Crippen LogP contribution in [0.1, 0.15) is 22.3 Å². The first-order chi connectivity index (χ1) is 15.8. The van der Waals surface area contributed by atoms with Crippen molar-refractivity contribution in [3.05, 3.63) is 107 Å². The van der Waals surface area contributed by atoms with Crippen molar-refractivity contribution in [2.45, 2.75) is 25.7 Å². The monoisotopic (exact) mass is 408 g/mol. The van der Waals surface area contributed by atoms with Crippen molar-refractivity contribution in [2.24, 2.45) is 0 Å². The van der Waals surface area contributed by atoms with Gasteiger partial charge >= 0.3 is 0 Å². The number of benzene rings is 4. The molecule has 0 atom stereocenters. The zero-order chi connectivity index (χ0) is 21.2. The van der Waals surface area contributed by atoms with Crippen molar-refractivity contribution in [2.75, 3.05) is 0 Å². The molecule has 0 aliphatic heterocycles. The van der Waals surface area contributed by atoms with Gasteiger partial charge in [-0.15, -0.1) is 0 Å². The van der Waals surface area contributed by atoms with Crippen molar-refractivity contribution >= 4 is 27.2 Å². The third-order valence-electron chi connectivity index (χ3n) is 7.29. The van der Waals surface area contributed by atoms with Crippen LogP contribution in [-0.2, 0) is 25.7 Å². The van der Waals surface area contributed by atoms with E-state index in [1.54, 1.807) is 0 Å². The molecule has 0 N–H and O–H groups in total. The fourth-order valence-corrected chi connectivity index (χ4v) is 5.88. The molecule has 0 spiro atoms. The van der Waals surface area contributed by atoms with Crippen LogP contribution in [0, 0.1) is 6.57 Å². The second kappa shape index (κ2) is 6.52. The highest BCUT2D eigenvalue weighted by Crippen LogP contribution is 2.45. The smallest absolute Gasteiger partial charge is 0.194 e. The number of fused-ring (bicyclic) bond motifs is 3. The fourth-order valence-electron chi connectivity index (χ4n) is 5.88. The molecule has 2 nitrogen and oxygen atoms in total. The predicted molar refractivity (Wildman–Crippen MR) is 131 cm³/mol. The zero-order valence-corrected chi connectivity index (χ0v) is 17.7. The topological polar surface area (TPSA) is 17.2 Å². The largest absolute Gasteiger partial charge is 0.256 e. The van der Waals surface area contributed by atoms with Gasteiger partial charge in [0.25, 0.3) is 0 Å². The van der Waals surface area contributed by atoms with Crippen LogP contribution < -0.4 is 0 Å². The number of nitrogens with zero attached hydrogens (tertiary/aromatic N) is 2. The van der Waals surface area contributed by atoms with Gasteiger partial charge in [-0.2, -0.15) is 0 Å². The van der Waals surface area contributed by atoms with Gasteiger partial charge in [0.1, 0.15) is 0 Å². The van der Waals surface area contributed by atoms with E-state index in [4.69, 9.17) is 11.6 Å². The summed E-state index contributed by atoms with van der Waals surface area (Å²) >= 11 is 0. The SMILES string of the molecule is [C-]#[N+]c1cccc2c1ccc1c(-c3cc4c5c(c3)CCc3cccc(c3-5)CC4)nccc12. The molecule has 2 aliphatic rings. The fraction of sp³-hybridized carbons (Fsp3) is 0.133. The first-order valence-electron chi connectivity index (χ1n) is 11.3.